The number of para-hydroxylation sites is 2. The molecule has 4 heteroatoms. The van der Waals surface area contributed by atoms with Crippen LogP contribution in [-0.2, 0) is 0 Å². The van der Waals surface area contributed by atoms with Gasteiger partial charge in [-0.3, -0.25) is 0 Å². The number of hydrogen-bond donors (Lipinski definition) is 0. The number of fused-ring (bicyclic) bond motifs is 7. The second kappa shape index (κ2) is 9.79. The topological polar surface area (TPSA) is 35.6 Å². The van der Waals surface area contributed by atoms with Crippen LogP contribution in [0.2, 0.25) is 0 Å². The minimum Gasteiger partial charge on any atom is -0.317 e. The zero-order chi connectivity index (χ0) is 29.0. The fourth-order valence-corrected chi connectivity index (χ4v) is 6.59. The van der Waals surface area contributed by atoms with Gasteiger partial charge in [0.2, 0.25) is 0 Å². The van der Waals surface area contributed by atoms with Crippen LogP contribution in [0.1, 0.15) is 0 Å². The molecule has 0 saturated carbocycles. The van der Waals surface area contributed by atoms with Crippen molar-refractivity contribution in [3.63, 3.8) is 0 Å². The highest BCUT2D eigenvalue weighted by atomic mass is 15.0. The minimum atomic E-state index is 0.716. The Kier molecular flexibility index (Phi) is 5.47. The third kappa shape index (κ3) is 3.78. The molecule has 0 aliphatic heterocycles. The van der Waals surface area contributed by atoms with Crippen molar-refractivity contribution in [2.45, 2.75) is 0 Å². The fourth-order valence-electron chi connectivity index (χ4n) is 6.59. The maximum absolute atomic E-state index is 4.70. The van der Waals surface area contributed by atoms with Crippen LogP contribution in [0.25, 0.3) is 77.4 Å². The summed E-state index contributed by atoms with van der Waals surface area (Å²) in [6.45, 7) is 0. The summed E-state index contributed by atoms with van der Waals surface area (Å²) in [7, 11) is 0. The Bertz CT molecular complexity index is 2450. The number of rotatable bonds is 4. The third-order valence-corrected chi connectivity index (χ3v) is 8.66. The molecule has 9 aromatic rings. The number of benzene rings is 6. The van der Waals surface area contributed by atoms with E-state index in [-0.39, 0.29) is 0 Å². The molecule has 4 nitrogen and oxygen atoms in total. The van der Waals surface area contributed by atoms with Gasteiger partial charge in [0.05, 0.1) is 16.6 Å². The van der Waals surface area contributed by atoms with Crippen LogP contribution in [-0.4, -0.2) is 19.1 Å². The third-order valence-electron chi connectivity index (χ3n) is 8.66. The summed E-state index contributed by atoms with van der Waals surface area (Å²) in [5.41, 5.74) is 8.97. The zero-order valence-corrected chi connectivity index (χ0v) is 23.8. The van der Waals surface area contributed by atoms with E-state index in [1.165, 1.54) is 43.5 Å². The summed E-state index contributed by atoms with van der Waals surface area (Å²) in [6.07, 6.45) is 5.98. The first-order chi connectivity index (χ1) is 21.8. The summed E-state index contributed by atoms with van der Waals surface area (Å²) in [5.74, 6) is 0.716. The lowest BCUT2D eigenvalue weighted by molar-refractivity contribution is 1.13. The molecular weight excluding hydrogens is 536 g/mol. The van der Waals surface area contributed by atoms with Crippen molar-refractivity contribution < 1.29 is 0 Å². The molecule has 0 spiro atoms. The average Bonchev–Trinajstić information content (AvgIpc) is 3.69. The average molecular weight is 563 g/mol. The Morgan fingerprint density at radius 3 is 1.93 bits per heavy atom. The van der Waals surface area contributed by atoms with E-state index < -0.39 is 0 Å². The summed E-state index contributed by atoms with van der Waals surface area (Å²) in [6, 6.07) is 49.4. The highest BCUT2D eigenvalue weighted by Crippen LogP contribution is 2.40. The van der Waals surface area contributed by atoms with Crippen LogP contribution in [0.3, 0.4) is 0 Å². The van der Waals surface area contributed by atoms with Crippen molar-refractivity contribution in [3.8, 4) is 33.9 Å². The monoisotopic (exact) mass is 562 g/mol. The van der Waals surface area contributed by atoms with E-state index in [0.717, 1.165) is 28.1 Å². The van der Waals surface area contributed by atoms with E-state index in [4.69, 9.17) is 9.97 Å². The molecule has 0 fully saturated rings. The number of aromatic nitrogens is 4. The lowest BCUT2D eigenvalue weighted by atomic mass is 10.0. The van der Waals surface area contributed by atoms with Crippen molar-refractivity contribution in [2.75, 3.05) is 0 Å². The zero-order valence-electron chi connectivity index (χ0n) is 23.8. The van der Waals surface area contributed by atoms with Crippen LogP contribution in [0.5, 0.6) is 0 Å². The van der Waals surface area contributed by atoms with E-state index in [1.807, 2.05) is 30.6 Å². The van der Waals surface area contributed by atoms with Gasteiger partial charge in [-0.2, -0.15) is 0 Å². The van der Waals surface area contributed by atoms with Crippen molar-refractivity contribution in [3.05, 3.63) is 158 Å². The van der Waals surface area contributed by atoms with E-state index in [9.17, 15) is 0 Å². The van der Waals surface area contributed by atoms with Crippen LogP contribution < -0.4 is 0 Å². The van der Waals surface area contributed by atoms with Gasteiger partial charge in [0.25, 0.3) is 0 Å². The molecular formula is C40H26N4. The molecule has 0 radical (unpaired) electrons. The molecule has 0 bridgehead atoms. The molecule has 0 saturated heterocycles. The van der Waals surface area contributed by atoms with Crippen LogP contribution >= 0.6 is 0 Å². The second-order valence-electron chi connectivity index (χ2n) is 11.1. The molecule has 0 aliphatic rings. The molecule has 0 unspecified atom stereocenters. The first-order valence-electron chi connectivity index (χ1n) is 14.8. The standard InChI is InChI=1S/C40H26N4/c1-3-9-27(10-4-1)30-25-41-40(42-26-30)29-15-19-32(20-16-29)44-37-14-8-7-13-33(37)34-21-17-28-18-22-36-35(38(28)39(34)44)23-24-43(36)31-11-5-2-6-12-31/h1-26H. The normalized spacial score (nSPS) is 11.6. The highest BCUT2D eigenvalue weighted by molar-refractivity contribution is 6.25. The van der Waals surface area contributed by atoms with Crippen LogP contribution in [0.4, 0.5) is 0 Å². The van der Waals surface area contributed by atoms with Crippen molar-refractivity contribution in [1.29, 1.82) is 0 Å². The molecule has 9 rings (SSSR count). The smallest absolute Gasteiger partial charge is 0.159 e. The number of hydrogen-bond acceptors (Lipinski definition) is 2. The van der Waals surface area contributed by atoms with Gasteiger partial charge in [0, 0.05) is 62.6 Å². The molecule has 0 N–H and O–H groups in total. The van der Waals surface area contributed by atoms with Crippen LogP contribution in [0, 0.1) is 0 Å². The molecule has 0 atom stereocenters. The van der Waals surface area contributed by atoms with Gasteiger partial charge in [-0.25, -0.2) is 9.97 Å². The lowest BCUT2D eigenvalue weighted by Gasteiger charge is -2.12. The molecule has 3 heterocycles. The SMILES string of the molecule is c1ccc(-c2cnc(-c3ccc(-n4c5ccccc5c5ccc6ccc7c(ccn7-c7ccccc7)c6c54)cc3)nc2)cc1. The maximum Gasteiger partial charge on any atom is 0.159 e. The summed E-state index contributed by atoms with van der Waals surface area (Å²) >= 11 is 0. The van der Waals surface area contributed by atoms with Gasteiger partial charge in [-0.1, -0.05) is 84.9 Å². The van der Waals surface area contributed by atoms with Gasteiger partial charge in [-0.05, 0) is 65.5 Å². The van der Waals surface area contributed by atoms with E-state index in [1.54, 1.807) is 0 Å². The molecule has 0 aliphatic carbocycles. The molecule has 206 valence electrons. The summed E-state index contributed by atoms with van der Waals surface area (Å²) in [4.78, 5) is 9.40. The Morgan fingerprint density at radius 1 is 0.432 bits per heavy atom. The second-order valence-corrected chi connectivity index (χ2v) is 11.1. The predicted molar refractivity (Wildman–Crippen MR) is 182 cm³/mol. The molecule has 3 aromatic heterocycles. The van der Waals surface area contributed by atoms with Gasteiger partial charge in [-0.15, -0.1) is 0 Å². The Hall–Kier alpha value is -6.00. The van der Waals surface area contributed by atoms with E-state index >= 15 is 0 Å². The van der Waals surface area contributed by atoms with Gasteiger partial charge < -0.3 is 9.13 Å². The van der Waals surface area contributed by atoms with Gasteiger partial charge in [0.15, 0.2) is 5.82 Å². The van der Waals surface area contributed by atoms with E-state index in [0.29, 0.717) is 5.82 Å². The first-order valence-corrected chi connectivity index (χ1v) is 14.8. The highest BCUT2D eigenvalue weighted by Gasteiger charge is 2.18. The quantitative estimate of drug-likeness (QED) is 0.214. The first kappa shape index (κ1) is 24.6. The van der Waals surface area contributed by atoms with Gasteiger partial charge >= 0.3 is 0 Å². The summed E-state index contributed by atoms with van der Waals surface area (Å²) < 4.78 is 4.69. The van der Waals surface area contributed by atoms with Gasteiger partial charge in [0.1, 0.15) is 0 Å². The maximum atomic E-state index is 4.70. The van der Waals surface area contributed by atoms with E-state index in [2.05, 4.69) is 137 Å². The minimum absolute atomic E-state index is 0.716. The lowest BCUT2D eigenvalue weighted by Crippen LogP contribution is -1.96. The summed E-state index contributed by atoms with van der Waals surface area (Å²) in [5, 5.41) is 6.22. The van der Waals surface area contributed by atoms with Crippen molar-refractivity contribution in [2.24, 2.45) is 0 Å². The molecule has 44 heavy (non-hydrogen) atoms. The predicted octanol–water partition coefficient (Wildman–Crippen LogP) is 10.0. The van der Waals surface area contributed by atoms with Crippen LogP contribution in [0.15, 0.2) is 158 Å². The Balaban J connectivity index is 1.23. The van der Waals surface area contributed by atoms with Crippen molar-refractivity contribution in [1.82, 2.24) is 19.1 Å². The Labute approximate surface area is 254 Å². The Morgan fingerprint density at radius 2 is 1.14 bits per heavy atom. The molecule has 0 amide bonds. The molecule has 6 aromatic carbocycles. The van der Waals surface area contributed by atoms with Crippen molar-refractivity contribution >= 4 is 43.5 Å². The number of nitrogens with zero attached hydrogens (tertiary/aromatic N) is 4. The largest absolute Gasteiger partial charge is 0.317 e. The fraction of sp³-hybridized carbons (Fsp3) is 0.